The summed E-state index contributed by atoms with van der Waals surface area (Å²) in [6.45, 7) is 3.91. The molecule has 2 N–H and O–H groups in total. The highest BCUT2D eigenvalue weighted by molar-refractivity contribution is 5.67. The molecule has 0 amide bonds. The van der Waals surface area contributed by atoms with Crippen LogP contribution < -0.4 is 5.73 Å². The third kappa shape index (κ3) is 2.13. The summed E-state index contributed by atoms with van der Waals surface area (Å²) in [5.41, 5.74) is 8.18. The first-order chi connectivity index (χ1) is 7.99. The first kappa shape index (κ1) is 11.6. The monoisotopic (exact) mass is 233 g/mol. The Morgan fingerprint density at radius 2 is 1.59 bits per heavy atom. The number of anilines is 1. The van der Waals surface area contributed by atoms with Crippen LogP contribution in [-0.4, -0.2) is 0 Å². The van der Waals surface area contributed by atoms with Crippen LogP contribution in [-0.2, 0) is 0 Å². The zero-order valence-corrected chi connectivity index (χ0v) is 9.72. The second-order valence-electron chi connectivity index (χ2n) is 4.15. The third-order valence-corrected chi connectivity index (χ3v) is 2.90. The predicted molar refractivity (Wildman–Crippen MR) is 65.7 cm³/mol. The first-order valence-electron chi connectivity index (χ1n) is 5.31. The lowest BCUT2D eigenvalue weighted by Crippen LogP contribution is -1.95. The maximum atomic E-state index is 13.7. The summed E-state index contributed by atoms with van der Waals surface area (Å²) < 4.78 is 27.0. The molecule has 1 nitrogen and oxygen atoms in total. The molecular weight excluding hydrogens is 220 g/mol. The summed E-state index contributed by atoms with van der Waals surface area (Å²) >= 11 is 0. The number of hydrogen-bond donors (Lipinski definition) is 1. The predicted octanol–water partition coefficient (Wildman–Crippen LogP) is 3.83. The Bertz CT molecular complexity index is 577. The molecule has 2 rings (SSSR count). The van der Waals surface area contributed by atoms with Gasteiger partial charge >= 0.3 is 0 Å². The van der Waals surface area contributed by atoms with Crippen molar-refractivity contribution in [1.82, 2.24) is 0 Å². The Morgan fingerprint density at radius 1 is 0.882 bits per heavy atom. The molecule has 17 heavy (non-hydrogen) atoms. The van der Waals surface area contributed by atoms with Crippen LogP contribution in [0.4, 0.5) is 14.5 Å². The summed E-state index contributed by atoms with van der Waals surface area (Å²) in [7, 11) is 0. The van der Waals surface area contributed by atoms with Crippen LogP contribution >= 0.6 is 0 Å². The van der Waals surface area contributed by atoms with Crippen molar-refractivity contribution in [2.45, 2.75) is 13.8 Å². The Labute approximate surface area is 98.9 Å². The van der Waals surface area contributed by atoms with Crippen molar-refractivity contribution in [3.05, 3.63) is 53.1 Å². The van der Waals surface area contributed by atoms with E-state index in [1.54, 1.807) is 6.07 Å². The quantitative estimate of drug-likeness (QED) is 0.744. The number of aryl methyl sites for hydroxylation is 2. The van der Waals surface area contributed by atoms with E-state index in [-0.39, 0.29) is 11.3 Å². The number of nitrogen functional groups attached to an aromatic ring is 1. The number of benzene rings is 2. The molecule has 0 atom stereocenters. The summed E-state index contributed by atoms with van der Waals surface area (Å²) in [5, 5.41) is 0. The first-order valence-corrected chi connectivity index (χ1v) is 5.31. The molecule has 0 fully saturated rings. The maximum absolute atomic E-state index is 13.7. The number of hydrogen-bond acceptors (Lipinski definition) is 1. The fraction of sp³-hybridized carbons (Fsp3) is 0.143. The van der Waals surface area contributed by atoms with Gasteiger partial charge in [0.15, 0.2) is 0 Å². The highest BCUT2D eigenvalue weighted by Crippen LogP contribution is 2.27. The largest absolute Gasteiger partial charge is 0.396 e. The van der Waals surface area contributed by atoms with Crippen LogP contribution in [0.2, 0.25) is 0 Å². The molecule has 0 heterocycles. The zero-order chi connectivity index (χ0) is 12.6. The Balaban J connectivity index is 2.60. The second-order valence-corrected chi connectivity index (χ2v) is 4.15. The Morgan fingerprint density at radius 3 is 2.24 bits per heavy atom. The fourth-order valence-corrected chi connectivity index (χ4v) is 1.69. The Kier molecular flexibility index (Phi) is 2.84. The van der Waals surface area contributed by atoms with E-state index in [1.807, 2.05) is 26.0 Å². The van der Waals surface area contributed by atoms with Gasteiger partial charge in [0.2, 0.25) is 0 Å². The van der Waals surface area contributed by atoms with Crippen molar-refractivity contribution in [3.8, 4) is 11.1 Å². The Hall–Kier alpha value is -1.90. The van der Waals surface area contributed by atoms with Crippen molar-refractivity contribution in [2.24, 2.45) is 0 Å². The lowest BCUT2D eigenvalue weighted by molar-refractivity contribution is 0.607. The molecule has 0 aliphatic heterocycles. The minimum Gasteiger partial charge on any atom is -0.396 e. The lowest BCUT2D eigenvalue weighted by atomic mass is 10.00. The van der Waals surface area contributed by atoms with E-state index in [2.05, 4.69) is 0 Å². The SMILES string of the molecule is Cc1ccc(-c2cc(F)c(N)cc2F)cc1C. The molecule has 0 spiro atoms. The van der Waals surface area contributed by atoms with Crippen molar-refractivity contribution in [3.63, 3.8) is 0 Å². The molecule has 0 aromatic heterocycles. The van der Waals surface area contributed by atoms with Gasteiger partial charge in [-0.2, -0.15) is 0 Å². The van der Waals surface area contributed by atoms with Gasteiger partial charge in [0.05, 0.1) is 5.69 Å². The molecule has 0 aliphatic rings. The average molecular weight is 233 g/mol. The molecule has 88 valence electrons. The molecular formula is C14H13F2N. The zero-order valence-electron chi connectivity index (χ0n) is 9.72. The van der Waals surface area contributed by atoms with Gasteiger partial charge in [-0.1, -0.05) is 18.2 Å². The van der Waals surface area contributed by atoms with E-state index in [0.29, 0.717) is 5.56 Å². The van der Waals surface area contributed by atoms with Gasteiger partial charge in [0.1, 0.15) is 11.6 Å². The lowest BCUT2D eigenvalue weighted by Gasteiger charge is -2.08. The number of rotatable bonds is 1. The van der Waals surface area contributed by atoms with Crippen molar-refractivity contribution in [2.75, 3.05) is 5.73 Å². The van der Waals surface area contributed by atoms with Gasteiger partial charge in [-0.15, -0.1) is 0 Å². The minimum atomic E-state index is -0.598. The van der Waals surface area contributed by atoms with E-state index >= 15 is 0 Å². The van der Waals surface area contributed by atoms with E-state index in [4.69, 9.17) is 5.73 Å². The van der Waals surface area contributed by atoms with Crippen molar-refractivity contribution >= 4 is 5.69 Å². The highest BCUT2D eigenvalue weighted by atomic mass is 19.1. The summed E-state index contributed by atoms with van der Waals surface area (Å²) in [6.07, 6.45) is 0. The molecule has 3 heteroatoms. The maximum Gasteiger partial charge on any atom is 0.146 e. The molecule has 2 aromatic carbocycles. The highest BCUT2D eigenvalue weighted by Gasteiger charge is 2.10. The minimum absolute atomic E-state index is 0.171. The van der Waals surface area contributed by atoms with Crippen molar-refractivity contribution < 1.29 is 8.78 Å². The van der Waals surface area contributed by atoms with Gasteiger partial charge in [-0.05, 0) is 36.6 Å². The molecule has 0 saturated carbocycles. The van der Waals surface area contributed by atoms with Crippen LogP contribution in [0.3, 0.4) is 0 Å². The van der Waals surface area contributed by atoms with Crippen LogP contribution in [0.15, 0.2) is 30.3 Å². The topological polar surface area (TPSA) is 26.0 Å². The molecule has 0 unspecified atom stereocenters. The molecule has 2 aromatic rings. The van der Waals surface area contributed by atoms with Crippen LogP contribution in [0.1, 0.15) is 11.1 Å². The van der Waals surface area contributed by atoms with Crippen LogP contribution in [0.25, 0.3) is 11.1 Å². The normalized spacial score (nSPS) is 10.6. The van der Waals surface area contributed by atoms with E-state index in [1.165, 1.54) is 0 Å². The van der Waals surface area contributed by atoms with Gasteiger partial charge in [-0.25, -0.2) is 8.78 Å². The van der Waals surface area contributed by atoms with E-state index in [0.717, 1.165) is 23.3 Å². The van der Waals surface area contributed by atoms with Gasteiger partial charge in [0, 0.05) is 11.6 Å². The molecule has 0 radical (unpaired) electrons. The van der Waals surface area contributed by atoms with Gasteiger partial charge in [-0.3, -0.25) is 0 Å². The summed E-state index contributed by atoms with van der Waals surface area (Å²) in [4.78, 5) is 0. The molecule has 0 aliphatic carbocycles. The van der Waals surface area contributed by atoms with E-state index < -0.39 is 11.6 Å². The fourth-order valence-electron chi connectivity index (χ4n) is 1.69. The number of nitrogens with two attached hydrogens (primary N) is 1. The van der Waals surface area contributed by atoms with Crippen molar-refractivity contribution in [1.29, 1.82) is 0 Å². The van der Waals surface area contributed by atoms with Crippen LogP contribution in [0, 0.1) is 25.5 Å². The summed E-state index contributed by atoms with van der Waals surface area (Å²) in [6, 6.07) is 7.65. The standard InChI is InChI=1S/C14H13F2N/c1-8-3-4-10(5-9(8)2)11-6-13(16)14(17)7-12(11)15/h3-7H,17H2,1-2H3. The number of halogens is 2. The molecule has 0 saturated heterocycles. The third-order valence-electron chi connectivity index (χ3n) is 2.90. The smallest absolute Gasteiger partial charge is 0.146 e. The van der Waals surface area contributed by atoms with Gasteiger partial charge in [0.25, 0.3) is 0 Å². The van der Waals surface area contributed by atoms with E-state index in [9.17, 15) is 8.78 Å². The molecule has 0 bridgehead atoms. The van der Waals surface area contributed by atoms with Crippen LogP contribution in [0.5, 0.6) is 0 Å². The second kappa shape index (κ2) is 4.17. The average Bonchev–Trinajstić information content (AvgIpc) is 2.27. The summed E-state index contributed by atoms with van der Waals surface area (Å²) in [5.74, 6) is -1.10. The van der Waals surface area contributed by atoms with Gasteiger partial charge < -0.3 is 5.73 Å².